The molecule has 1 amide bonds. The van der Waals surface area contributed by atoms with E-state index in [2.05, 4.69) is 5.32 Å². The molecule has 4 aromatic carbocycles. The lowest BCUT2D eigenvalue weighted by Crippen LogP contribution is -2.28. The normalized spacial score (nSPS) is 13.9. The molecule has 2 aliphatic rings. The minimum absolute atomic E-state index is 0.126. The van der Waals surface area contributed by atoms with E-state index in [-0.39, 0.29) is 22.3 Å². The smallest absolute Gasteiger partial charge is 0.423 e. The molecule has 0 spiro atoms. The highest BCUT2D eigenvalue weighted by molar-refractivity contribution is 7.91. The monoisotopic (exact) mass is 704 g/mol. The molecule has 4 aromatic rings. The van der Waals surface area contributed by atoms with Gasteiger partial charge in [0.15, 0.2) is 19.7 Å². The third-order valence-electron chi connectivity index (χ3n) is 8.34. The molecule has 0 saturated heterocycles. The highest BCUT2D eigenvalue weighted by Gasteiger charge is 2.30. The van der Waals surface area contributed by atoms with Crippen LogP contribution in [-0.4, -0.2) is 47.0 Å². The van der Waals surface area contributed by atoms with Crippen LogP contribution < -0.4 is 22.0 Å². The van der Waals surface area contributed by atoms with Crippen LogP contribution in [0.5, 0.6) is 0 Å². The van der Waals surface area contributed by atoms with E-state index in [0.29, 0.717) is 73.8 Å². The number of hydrogen-bond acceptors (Lipinski definition) is 10. The fourth-order valence-corrected chi connectivity index (χ4v) is 10.2. The van der Waals surface area contributed by atoms with Crippen molar-refractivity contribution in [3.8, 4) is 0 Å². The number of carbonyl (C=O) groups excluding carboxylic acids is 1. The summed E-state index contributed by atoms with van der Waals surface area (Å²) in [5.41, 5.74) is 13.6. The molecular weight excluding hydrogens is 666 g/mol. The van der Waals surface area contributed by atoms with Gasteiger partial charge in [-0.25, -0.2) is 16.8 Å². The molecule has 6 rings (SSSR count). The average molecular weight is 704 g/mol. The van der Waals surface area contributed by atoms with Crippen molar-refractivity contribution in [2.75, 3.05) is 11.1 Å². The molecule has 0 radical (unpaired) electrons. The Balaban J connectivity index is 0.000000192. The van der Waals surface area contributed by atoms with Gasteiger partial charge < -0.3 is 30.4 Å². The molecule has 11 nitrogen and oxygen atoms in total. The maximum Gasteiger partial charge on any atom is 0.491 e. The Hall–Kier alpha value is -3.98. The summed E-state index contributed by atoms with van der Waals surface area (Å²) >= 11 is 0. The first-order chi connectivity index (χ1) is 22.9. The van der Waals surface area contributed by atoms with Crippen molar-refractivity contribution in [3.63, 3.8) is 0 Å². The van der Waals surface area contributed by atoms with Gasteiger partial charge in [0.25, 0.3) is 0 Å². The third kappa shape index (κ3) is 8.09. The lowest BCUT2D eigenvalue weighted by atomic mass is 9.79. The van der Waals surface area contributed by atoms with Crippen molar-refractivity contribution in [1.82, 2.24) is 0 Å². The third-order valence-corrected chi connectivity index (χ3v) is 12.3. The predicted octanol–water partition coefficient (Wildman–Crippen LogP) is 2.53. The van der Waals surface area contributed by atoms with E-state index in [4.69, 9.17) is 15.0 Å². The van der Waals surface area contributed by atoms with Gasteiger partial charge in [0, 0.05) is 18.3 Å². The SMILES string of the molecule is CC(=O)Nc1cc(C)c(S(=O)(=O)Cc2ccc3c(c2)B(O)OC3)c(C)c1.Cc1cc(N)cc(C)c1S(=O)(=O)Cc1ccc2c(c1)B(O)OC2. The maximum atomic E-state index is 13.0. The number of aryl methyl sites for hydroxylation is 4. The highest BCUT2D eigenvalue weighted by Crippen LogP contribution is 2.29. The van der Waals surface area contributed by atoms with Gasteiger partial charge in [0.2, 0.25) is 5.91 Å². The van der Waals surface area contributed by atoms with E-state index >= 15 is 0 Å². The minimum atomic E-state index is -3.59. The van der Waals surface area contributed by atoms with Gasteiger partial charge >= 0.3 is 14.2 Å². The quantitative estimate of drug-likeness (QED) is 0.165. The number of benzene rings is 4. The standard InChI is InChI=1S/C18H20BNO5S.C16H18BNO4S/c1-11-6-16(20-13(3)21)7-12(2)18(11)26(23,24)10-14-4-5-15-9-25-19(22)17(15)8-14;1-10-5-14(18)6-11(2)16(10)23(20,21)9-12-3-4-13-8-22-17(19)15(13)7-12/h4-8,22H,9-10H2,1-3H3,(H,20,21);3-7,19H,8-9,18H2,1-2H3. The van der Waals surface area contributed by atoms with Crippen molar-refractivity contribution in [2.45, 2.75) is 69.1 Å². The highest BCUT2D eigenvalue weighted by atomic mass is 32.2. The molecule has 0 bridgehead atoms. The minimum Gasteiger partial charge on any atom is -0.423 e. The molecule has 15 heteroatoms. The fourth-order valence-electron chi connectivity index (χ4n) is 6.48. The Morgan fingerprint density at radius 3 is 1.49 bits per heavy atom. The van der Waals surface area contributed by atoms with Gasteiger partial charge in [-0.15, -0.1) is 0 Å². The second kappa shape index (κ2) is 14.1. The van der Waals surface area contributed by atoms with E-state index in [1.165, 1.54) is 6.92 Å². The molecule has 0 fully saturated rings. The molecule has 0 saturated carbocycles. The Morgan fingerprint density at radius 2 is 1.10 bits per heavy atom. The van der Waals surface area contributed by atoms with Crippen molar-refractivity contribution >= 4 is 62.1 Å². The van der Waals surface area contributed by atoms with Gasteiger partial charge in [-0.3, -0.25) is 4.79 Å². The first-order valence-corrected chi connectivity index (χ1v) is 18.8. The Kier molecular flexibility index (Phi) is 10.4. The number of nitrogens with one attached hydrogen (secondary N) is 1. The predicted molar refractivity (Wildman–Crippen MR) is 190 cm³/mol. The van der Waals surface area contributed by atoms with Crippen LogP contribution in [0, 0.1) is 27.7 Å². The van der Waals surface area contributed by atoms with Crippen LogP contribution >= 0.6 is 0 Å². The maximum absolute atomic E-state index is 13.0. The lowest BCUT2D eigenvalue weighted by Gasteiger charge is -2.14. The van der Waals surface area contributed by atoms with Crippen molar-refractivity contribution in [3.05, 3.63) is 105 Å². The second-order valence-electron chi connectivity index (χ2n) is 12.5. The molecule has 5 N–H and O–H groups in total. The van der Waals surface area contributed by atoms with Gasteiger partial charge in [-0.1, -0.05) is 36.4 Å². The molecule has 49 heavy (non-hydrogen) atoms. The number of amides is 1. The number of sulfone groups is 2. The zero-order valence-electron chi connectivity index (χ0n) is 27.9. The zero-order valence-corrected chi connectivity index (χ0v) is 29.5. The van der Waals surface area contributed by atoms with Crippen LogP contribution in [0.1, 0.15) is 51.4 Å². The number of hydrogen-bond donors (Lipinski definition) is 4. The van der Waals surface area contributed by atoms with Gasteiger partial charge in [0.1, 0.15) is 0 Å². The summed E-state index contributed by atoms with van der Waals surface area (Å²) in [6.07, 6.45) is 0. The van der Waals surface area contributed by atoms with Gasteiger partial charge in [0.05, 0.1) is 34.5 Å². The van der Waals surface area contributed by atoms with E-state index < -0.39 is 33.9 Å². The molecule has 0 aromatic heterocycles. The summed E-state index contributed by atoms with van der Waals surface area (Å²) in [6.45, 7) is 9.00. The van der Waals surface area contributed by atoms with Crippen LogP contribution in [-0.2, 0) is 58.5 Å². The number of rotatable bonds is 7. The van der Waals surface area contributed by atoms with E-state index in [1.54, 1.807) is 88.4 Å². The largest absolute Gasteiger partial charge is 0.491 e. The van der Waals surface area contributed by atoms with Crippen LogP contribution in [0.3, 0.4) is 0 Å². The number of carbonyl (C=O) groups is 1. The van der Waals surface area contributed by atoms with Gasteiger partial charge in [-0.2, -0.15) is 0 Å². The first kappa shape index (κ1) is 36.3. The Morgan fingerprint density at radius 1 is 0.714 bits per heavy atom. The van der Waals surface area contributed by atoms with Crippen LogP contribution in [0.25, 0.3) is 0 Å². The number of nitrogens with two attached hydrogens (primary N) is 1. The summed E-state index contributed by atoms with van der Waals surface area (Å²) < 4.78 is 61.8. The van der Waals surface area contributed by atoms with Crippen molar-refractivity contribution in [2.24, 2.45) is 0 Å². The molecule has 0 aliphatic carbocycles. The van der Waals surface area contributed by atoms with E-state index in [0.717, 1.165) is 11.1 Å². The molecule has 0 atom stereocenters. The van der Waals surface area contributed by atoms with Gasteiger partial charge in [-0.05, 0) is 107 Å². The molecule has 2 aliphatic heterocycles. The number of nitrogen functional groups attached to an aromatic ring is 1. The van der Waals surface area contributed by atoms with Crippen LogP contribution in [0.15, 0.2) is 70.5 Å². The Bertz CT molecular complexity index is 2130. The number of anilines is 2. The van der Waals surface area contributed by atoms with Crippen molar-refractivity contribution in [1.29, 1.82) is 0 Å². The average Bonchev–Trinajstić information content (AvgIpc) is 3.52. The topological polar surface area (TPSA) is 182 Å². The summed E-state index contributed by atoms with van der Waals surface area (Å²) in [5, 5.41) is 22.2. The summed E-state index contributed by atoms with van der Waals surface area (Å²) in [7, 11) is -9.08. The second-order valence-corrected chi connectivity index (χ2v) is 16.4. The van der Waals surface area contributed by atoms with Crippen LogP contribution in [0.2, 0.25) is 0 Å². The summed E-state index contributed by atoms with van der Waals surface area (Å²) in [5.74, 6) is -0.509. The first-order valence-electron chi connectivity index (χ1n) is 15.5. The van der Waals surface area contributed by atoms with Crippen molar-refractivity contribution < 1.29 is 41.0 Å². The fraction of sp³-hybridized carbons (Fsp3) is 0.265. The van der Waals surface area contributed by atoms with Crippen LogP contribution in [0.4, 0.5) is 11.4 Å². The van der Waals surface area contributed by atoms with E-state index in [1.807, 2.05) is 0 Å². The Labute approximate surface area is 287 Å². The lowest BCUT2D eigenvalue weighted by molar-refractivity contribution is -0.114. The number of fused-ring (bicyclic) bond motifs is 2. The van der Waals surface area contributed by atoms with E-state index in [9.17, 15) is 31.7 Å². The molecule has 0 unspecified atom stereocenters. The molecule has 256 valence electrons. The zero-order chi connectivity index (χ0) is 35.8. The molecular formula is C34H38B2N2O9S2. The summed E-state index contributed by atoms with van der Waals surface area (Å²) in [6, 6.07) is 17.1. The summed E-state index contributed by atoms with van der Waals surface area (Å²) in [4.78, 5) is 11.8. The molecule has 2 heterocycles.